The Kier molecular flexibility index (Phi) is 3.66. The molecule has 0 spiro atoms. The number of hydrogen-bond acceptors (Lipinski definition) is 2. The smallest absolute Gasteiger partial charge is 0.129 e. The van der Waals surface area contributed by atoms with E-state index in [-0.39, 0.29) is 11.9 Å². The molecule has 72 valence electrons. The normalized spacial score (nSPS) is 12.9. The Hall–Kier alpha value is -0.640. The number of benzene rings is 1. The summed E-state index contributed by atoms with van der Waals surface area (Å²) in [5, 5.41) is 0.376. The number of nitrogens with two attached hydrogens (primary N) is 2. The molecule has 1 atom stereocenters. The molecule has 1 aromatic carbocycles. The van der Waals surface area contributed by atoms with Gasteiger partial charge >= 0.3 is 0 Å². The fraction of sp³-hybridized carbons (Fsp3) is 0.333. The van der Waals surface area contributed by atoms with Gasteiger partial charge in [-0.1, -0.05) is 17.7 Å². The van der Waals surface area contributed by atoms with Crippen molar-refractivity contribution in [3.8, 4) is 0 Å². The van der Waals surface area contributed by atoms with E-state index in [2.05, 4.69) is 0 Å². The van der Waals surface area contributed by atoms with E-state index in [9.17, 15) is 4.39 Å². The molecule has 0 bridgehead atoms. The first kappa shape index (κ1) is 10.4. The fourth-order valence-electron chi connectivity index (χ4n) is 1.14. The van der Waals surface area contributed by atoms with Crippen LogP contribution in [0.4, 0.5) is 4.39 Å². The molecule has 4 heteroatoms. The zero-order chi connectivity index (χ0) is 9.84. The fourth-order valence-corrected chi connectivity index (χ4v) is 1.30. The molecule has 13 heavy (non-hydrogen) atoms. The molecule has 1 rings (SSSR count). The second-order valence-corrected chi connectivity index (χ2v) is 3.29. The summed E-state index contributed by atoms with van der Waals surface area (Å²) >= 11 is 5.59. The molecule has 0 unspecified atom stereocenters. The number of hydrogen-bond donors (Lipinski definition) is 2. The van der Waals surface area contributed by atoms with Crippen LogP contribution < -0.4 is 11.5 Å². The van der Waals surface area contributed by atoms with Gasteiger partial charge in [0.15, 0.2) is 0 Å². The molecule has 0 saturated carbocycles. The third-order valence-electron chi connectivity index (χ3n) is 1.84. The summed E-state index contributed by atoms with van der Waals surface area (Å²) in [7, 11) is 0. The van der Waals surface area contributed by atoms with Gasteiger partial charge in [0.25, 0.3) is 0 Å². The van der Waals surface area contributed by atoms with Gasteiger partial charge in [0.1, 0.15) is 5.82 Å². The second-order valence-electron chi connectivity index (χ2n) is 2.85. The molecule has 1 aromatic rings. The van der Waals surface area contributed by atoms with Gasteiger partial charge in [-0.25, -0.2) is 4.39 Å². The van der Waals surface area contributed by atoms with Gasteiger partial charge < -0.3 is 11.5 Å². The summed E-state index contributed by atoms with van der Waals surface area (Å²) in [6.07, 6.45) is 0.568. The monoisotopic (exact) mass is 202 g/mol. The van der Waals surface area contributed by atoms with Crippen molar-refractivity contribution in [2.45, 2.75) is 12.5 Å². The summed E-state index contributed by atoms with van der Waals surface area (Å²) in [5.74, 6) is -0.367. The van der Waals surface area contributed by atoms with Crippen LogP contribution in [-0.2, 0) is 0 Å². The lowest BCUT2D eigenvalue weighted by atomic mass is 10.0. The quantitative estimate of drug-likeness (QED) is 0.786. The zero-order valence-electron chi connectivity index (χ0n) is 7.13. The molecule has 0 aromatic heterocycles. The lowest BCUT2D eigenvalue weighted by Gasteiger charge is -2.11. The number of rotatable bonds is 3. The molecule has 0 aliphatic heterocycles. The van der Waals surface area contributed by atoms with Crippen LogP contribution >= 0.6 is 11.6 Å². The van der Waals surface area contributed by atoms with Gasteiger partial charge in [-0.15, -0.1) is 0 Å². The highest BCUT2D eigenvalue weighted by Gasteiger charge is 2.10. The minimum atomic E-state index is -0.367. The van der Waals surface area contributed by atoms with Gasteiger partial charge in [0, 0.05) is 16.6 Å². The Balaban J connectivity index is 2.88. The van der Waals surface area contributed by atoms with Crippen LogP contribution in [-0.4, -0.2) is 6.54 Å². The first-order chi connectivity index (χ1) is 6.15. The maximum atomic E-state index is 13.2. The molecule has 0 aliphatic carbocycles. The van der Waals surface area contributed by atoms with E-state index in [1.54, 1.807) is 12.1 Å². The lowest BCUT2D eigenvalue weighted by Crippen LogP contribution is -2.16. The molecular formula is C9H12ClFN2. The van der Waals surface area contributed by atoms with Gasteiger partial charge in [-0.3, -0.25) is 0 Å². The summed E-state index contributed by atoms with van der Waals surface area (Å²) < 4.78 is 13.2. The second kappa shape index (κ2) is 4.56. The third-order valence-corrected chi connectivity index (χ3v) is 2.07. The predicted octanol–water partition coefficient (Wildman–Crippen LogP) is 1.83. The van der Waals surface area contributed by atoms with Crippen molar-refractivity contribution >= 4 is 11.6 Å². The molecule has 0 saturated heterocycles. The Morgan fingerprint density at radius 1 is 1.46 bits per heavy atom. The van der Waals surface area contributed by atoms with Crippen molar-refractivity contribution in [3.05, 3.63) is 34.6 Å². The van der Waals surface area contributed by atoms with Gasteiger partial charge in [0.2, 0.25) is 0 Å². The van der Waals surface area contributed by atoms with Crippen LogP contribution in [0.3, 0.4) is 0 Å². The molecule has 0 amide bonds. The minimum absolute atomic E-state index is 0.345. The van der Waals surface area contributed by atoms with E-state index in [0.717, 1.165) is 0 Å². The number of halogens is 2. The van der Waals surface area contributed by atoms with Crippen molar-refractivity contribution < 1.29 is 4.39 Å². The van der Waals surface area contributed by atoms with Gasteiger partial charge in [0.05, 0.1) is 0 Å². The first-order valence-corrected chi connectivity index (χ1v) is 4.43. The molecule has 0 heterocycles. The third kappa shape index (κ3) is 2.66. The van der Waals surface area contributed by atoms with E-state index >= 15 is 0 Å². The van der Waals surface area contributed by atoms with E-state index < -0.39 is 0 Å². The maximum Gasteiger partial charge on any atom is 0.129 e. The van der Waals surface area contributed by atoms with Crippen LogP contribution in [0.25, 0.3) is 0 Å². The molecule has 0 fully saturated rings. The molecule has 0 aliphatic rings. The van der Waals surface area contributed by atoms with Crippen LogP contribution in [0.1, 0.15) is 18.0 Å². The van der Waals surface area contributed by atoms with E-state index in [1.807, 2.05) is 0 Å². The van der Waals surface area contributed by atoms with Crippen molar-refractivity contribution in [2.75, 3.05) is 6.54 Å². The Bertz CT molecular complexity index is 291. The topological polar surface area (TPSA) is 52.0 Å². The van der Waals surface area contributed by atoms with Crippen LogP contribution in [0.5, 0.6) is 0 Å². The zero-order valence-corrected chi connectivity index (χ0v) is 7.89. The largest absolute Gasteiger partial charge is 0.330 e. The highest BCUT2D eigenvalue weighted by molar-refractivity contribution is 6.30. The van der Waals surface area contributed by atoms with Gasteiger partial charge in [-0.05, 0) is 25.1 Å². The van der Waals surface area contributed by atoms with Crippen molar-refractivity contribution in [1.29, 1.82) is 0 Å². The summed E-state index contributed by atoms with van der Waals surface area (Å²) in [6, 6.07) is 4.13. The highest BCUT2D eigenvalue weighted by atomic mass is 35.5. The van der Waals surface area contributed by atoms with Crippen LogP contribution in [0.15, 0.2) is 18.2 Å². The standard InChI is InChI=1S/C9H12ClFN2/c10-6-1-2-7(8(11)5-6)9(13)3-4-12/h1-2,5,9H,3-4,12-13H2/t9-/m0/s1. The lowest BCUT2D eigenvalue weighted by molar-refractivity contribution is 0.567. The van der Waals surface area contributed by atoms with Crippen molar-refractivity contribution in [3.63, 3.8) is 0 Å². The maximum absolute atomic E-state index is 13.2. The average Bonchev–Trinajstić information content (AvgIpc) is 2.04. The predicted molar refractivity (Wildman–Crippen MR) is 52.0 cm³/mol. The van der Waals surface area contributed by atoms with Crippen molar-refractivity contribution in [1.82, 2.24) is 0 Å². The molecule has 4 N–H and O–H groups in total. The van der Waals surface area contributed by atoms with E-state index in [4.69, 9.17) is 23.1 Å². The Labute approximate surface area is 81.7 Å². The van der Waals surface area contributed by atoms with Crippen LogP contribution in [0, 0.1) is 5.82 Å². The van der Waals surface area contributed by atoms with Crippen LogP contribution in [0.2, 0.25) is 5.02 Å². The minimum Gasteiger partial charge on any atom is -0.330 e. The van der Waals surface area contributed by atoms with E-state index in [1.165, 1.54) is 6.07 Å². The summed E-state index contributed by atoms with van der Waals surface area (Å²) in [6.45, 7) is 0.448. The highest BCUT2D eigenvalue weighted by Crippen LogP contribution is 2.20. The van der Waals surface area contributed by atoms with E-state index in [0.29, 0.717) is 23.6 Å². The molecule has 0 radical (unpaired) electrons. The molecular weight excluding hydrogens is 191 g/mol. The van der Waals surface area contributed by atoms with Crippen molar-refractivity contribution in [2.24, 2.45) is 11.5 Å². The Morgan fingerprint density at radius 3 is 2.69 bits per heavy atom. The van der Waals surface area contributed by atoms with Gasteiger partial charge in [-0.2, -0.15) is 0 Å². The SMILES string of the molecule is NCC[C@H](N)c1ccc(Cl)cc1F. The Morgan fingerprint density at radius 2 is 2.15 bits per heavy atom. The summed E-state index contributed by atoms with van der Waals surface area (Å²) in [4.78, 5) is 0. The molecule has 2 nitrogen and oxygen atoms in total. The average molecular weight is 203 g/mol. The first-order valence-electron chi connectivity index (χ1n) is 4.05. The summed E-state index contributed by atoms with van der Waals surface area (Å²) in [5.41, 5.74) is 11.5.